The zero-order chi connectivity index (χ0) is 29.3. The topological polar surface area (TPSA) is 105 Å². The highest BCUT2D eigenvalue weighted by Crippen LogP contribution is 2.28. The first-order valence-corrected chi connectivity index (χ1v) is 15.3. The van der Waals surface area contributed by atoms with E-state index in [1.807, 2.05) is 43.5 Å². The summed E-state index contributed by atoms with van der Waals surface area (Å²) in [5.41, 5.74) is 2.55. The molecule has 0 saturated carbocycles. The summed E-state index contributed by atoms with van der Waals surface area (Å²) < 4.78 is 39.1. The Balaban J connectivity index is 1.83. The first-order chi connectivity index (χ1) is 19.1. The quantitative estimate of drug-likeness (QED) is 0.293. The minimum absolute atomic E-state index is 0.0637. The van der Waals surface area contributed by atoms with Crippen molar-refractivity contribution in [2.45, 2.75) is 45.1 Å². The van der Waals surface area contributed by atoms with E-state index in [9.17, 15) is 18.0 Å². The molecule has 0 aliphatic heterocycles. The van der Waals surface area contributed by atoms with Crippen LogP contribution in [0.1, 0.15) is 36.3 Å². The molecule has 2 amide bonds. The van der Waals surface area contributed by atoms with Crippen LogP contribution in [0, 0.1) is 6.92 Å². The number of ether oxygens (including phenoxy) is 2. The van der Waals surface area contributed by atoms with Gasteiger partial charge in [-0.2, -0.15) is 4.31 Å². The number of aryl methyl sites for hydroxylation is 1. The van der Waals surface area contributed by atoms with Gasteiger partial charge in [-0.15, -0.1) is 11.3 Å². The summed E-state index contributed by atoms with van der Waals surface area (Å²) >= 11 is 1.57. The second-order valence-electron chi connectivity index (χ2n) is 9.33. The Bertz CT molecular complexity index is 1400. The second-order valence-corrected chi connectivity index (χ2v) is 12.3. The van der Waals surface area contributed by atoms with E-state index in [2.05, 4.69) is 5.32 Å². The van der Waals surface area contributed by atoms with E-state index in [1.54, 1.807) is 30.5 Å². The van der Waals surface area contributed by atoms with Gasteiger partial charge in [-0.3, -0.25) is 9.59 Å². The van der Waals surface area contributed by atoms with Gasteiger partial charge in [0.05, 0.1) is 32.2 Å². The van der Waals surface area contributed by atoms with E-state index in [-0.39, 0.29) is 29.8 Å². The highest BCUT2D eigenvalue weighted by atomic mass is 32.2. The average molecular weight is 588 g/mol. The van der Waals surface area contributed by atoms with Gasteiger partial charge in [0.15, 0.2) is 11.5 Å². The third-order valence-corrected chi connectivity index (χ3v) is 9.24. The first-order valence-electron chi connectivity index (χ1n) is 13.0. The van der Waals surface area contributed by atoms with Crippen LogP contribution in [0.15, 0.2) is 58.8 Å². The number of hydrogen-bond donors (Lipinski definition) is 1. The van der Waals surface area contributed by atoms with E-state index >= 15 is 0 Å². The highest BCUT2D eigenvalue weighted by molar-refractivity contribution is 7.89. The molecule has 0 saturated heterocycles. The number of nitrogens with one attached hydrogen (secondary N) is 1. The molecule has 0 aliphatic carbocycles. The van der Waals surface area contributed by atoms with Gasteiger partial charge in [0, 0.05) is 30.6 Å². The molecule has 0 aliphatic rings. The number of carbonyl (C=O) groups is 2. The Morgan fingerprint density at radius 3 is 2.25 bits per heavy atom. The Hall–Kier alpha value is -3.41. The molecule has 11 heteroatoms. The van der Waals surface area contributed by atoms with Gasteiger partial charge in [0.25, 0.3) is 0 Å². The maximum atomic E-state index is 13.7. The maximum absolute atomic E-state index is 13.7. The van der Waals surface area contributed by atoms with Crippen molar-refractivity contribution in [2.24, 2.45) is 0 Å². The lowest BCUT2D eigenvalue weighted by Crippen LogP contribution is -2.43. The number of carbonyl (C=O) groups excluding carboxylic acids is 2. The van der Waals surface area contributed by atoms with Crippen molar-refractivity contribution in [3.05, 3.63) is 69.9 Å². The number of methoxy groups -OCH3 is 2. The van der Waals surface area contributed by atoms with Gasteiger partial charge >= 0.3 is 0 Å². The van der Waals surface area contributed by atoms with Crippen LogP contribution >= 0.6 is 11.3 Å². The fourth-order valence-corrected chi connectivity index (χ4v) is 6.58. The van der Waals surface area contributed by atoms with E-state index in [1.165, 1.54) is 35.5 Å². The molecule has 9 nitrogen and oxygen atoms in total. The molecule has 0 fully saturated rings. The predicted octanol–water partition coefficient (Wildman–Crippen LogP) is 4.70. The smallest absolute Gasteiger partial charge is 0.243 e. The summed E-state index contributed by atoms with van der Waals surface area (Å²) in [4.78, 5) is 27.9. The van der Waals surface area contributed by atoms with Crippen molar-refractivity contribution in [3.8, 4) is 11.5 Å². The van der Waals surface area contributed by atoms with E-state index in [0.717, 1.165) is 16.0 Å². The van der Waals surface area contributed by atoms with Crippen LogP contribution < -0.4 is 14.8 Å². The average Bonchev–Trinajstić information content (AvgIpc) is 3.34. The normalized spacial score (nSPS) is 11.3. The van der Waals surface area contributed by atoms with Gasteiger partial charge in [-0.25, -0.2) is 8.42 Å². The first kappa shape index (κ1) is 31.1. The lowest BCUT2D eigenvalue weighted by Gasteiger charge is -2.27. The number of amides is 2. The predicted molar refractivity (Wildman–Crippen MR) is 158 cm³/mol. The van der Waals surface area contributed by atoms with E-state index in [4.69, 9.17) is 9.47 Å². The van der Waals surface area contributed by atoms with Crippen LogP contribution in [-0.4, -0.2) is 63.3 Å². The Kier molecular flexibility index (Phi) is 11.1. The summed E-state index contributed by atoms with van der Waals surface area (Å²) in [7, 11) is -0.791. The lowest BCUT2D eigenvalue weighted by atomic mass is 10.1. The minimum Gasteiger partial charge on any atom is -0.493 e. The molecular weight excluding hydrogens is 550 g/mol. The number of benzene rings is 2. The third-order valence-electron chi connectivity index (χ3n) is 6.37. The molecule has 0 spiro atoms. The minimum atomic E-state index is -3.95. The summed E-state index contributed by atoms with van der Waals surface area (Å²) in [6, 6.07) is 13.6. The zero-order valence-electron chi connectivity index (χ0n) is 23.6. The SMILES string of the molecule is CCCN(CC(=O)N(CCc1ccc(OC)c(OC)c1)Cc1sccc1C)S(=O)(=O)c1ccc(NC(C)=O)cc1. The van der Waals surface area contributed by atoms with Gasteiger partial charge in [-0.1, -0.05) is 13.0 Å². The van der Waals surface area contributed by atoms with Crippen molar-refractivity contribution < 1.29 is 27.5 Å². The van der Waals surface area contributed by atoms with Crippen LogP contribution in [0.4, 0.5) is 5.69 Å². The Morgan fingerprint density at radius 1 is 0.975 bits per heavy atom. The number of nitrogens with zero attached hydrogens (tertiary/aromatic N) is 2. The van der Waals surface area contributed by atoms with Crippen LogP contribution in [0.3, 0.4) is 0 Å². The largest absolute Gasteiger partial charge is 0.493 e. The molecule has 216 valence electrons. The monoisotopic (exact) mass is 587 g/mol. The van der Waals surface area contributed by atoms with Crippen molar-refractivity contribution >= 4 is 38.9 Å². The summed E-state index contributed by atoms with van der Waals surface area (Å²) in [6.45, 7) is 5.97. The van der Waals surface area contributed by atoms with E-state index in [0.29, 0.717) is 43.1 Å². The van der Waals surface area contributed by atoms with Crippen LogP contribution in [0.25, 0.3) is 0 Å². The van der Waals surface area contributed by atoms with Crippen molar-refractivity contribution in [2.75, 3.05) is 39.2 Å². The van der Waals surface area contributed by atoms with Gasteiger partial charge in [0.2, 0.25) is 21.8 Å². The summed E-state index contributed by atoms with van der Waals surface area (Å²) in [6.07, 6.45) is 1.10. The van der Waals surface area contributed by atoms with Crippen molar-refractivity contribution in [3.63, 3.8) is 0 Å². The van der Waals surface area contributed by atoms with Crippen molar-refractivity contribution in [1.82, 2.24) is 9.21 Å². The molecule has 0 atom stereocenters. The molecule has 3 rings (SSSR count). The summed E-state index contributed by atoms with van der Waals surface area (Å²) in [5.74, 6) is 0.707. The molecule has 1 aromatic heterocycles. The number of rotatable bonds is 14. The molecular formula is C29H37N3O6S2. The zero-order valence-corrected chi connectivity index (χ0v) is 25.2. The van der Waals surface area contributed by atoms with Gasteiger partial charge < -0.3 is 19.7 Å². The third kappa shape index (κ3) is 8.06. The lowest BCUT2D eigenvalue weighted by molar-refractivity contribution is -0.132. The molecule has 3 aromatic rings. The fraction of sp³-hybridized carbons (Fsp3) is 0.379. The van der Waals surface area contributed by atoms with Crippen molar-refractivity contribution in [1.29, 1.82) is 0 Å². The molecule has 0 unspecified atom stereocenters. The molecule has 1 N–H and O–H groups in total. The Morgan fingerprint density at radius 2 is 1.68 bits per heavy atom. The van der Waals surface area contributed by atoms with E-state index < -0.39 is 10.0 Å². The van der Waals surface area contributed by atoms with Crippen LogP contribution in [0.2, 0.25) is 0 Å². The number of sulfonamides is 1. The standard InChI is InChI=1S/C29H37N3O6S2/c1-6-15-32(40(35,36)25-10-8-24(9-11-25)30-22(3)33)20-29(34)31(19-28-21(2)14-17-39-28)16-13-23-7-12-26(37-4)27(18-23)38-5/h7-12,14,17-18H,6,13,15-16,19-20H2,1-5H3,(H,30,33). The molecule has 0 radical (unpaired) electrons. The van der Waals surface area contributed by atoms with Gasteiger partial charge in [0.1, 0.15) is 0 Å². The number of hydrogen-bond acceptors (Lipinski definition) is 7. The number of thiophene rings is 1. The molecule has 2 aromatic carbocycles. The van der Waals surface area contributed by atoms with Crippen LogP contribution in [-0.2, 0) is 32.6 Å². The van der Waals surface area contributed by atoms with Gasteiger partial charge in [-0.05, 0) is 78.7 Å². The second kappa shape index (κ2) is 14.3. The summed E-state index contributed by atoms with van der Waals surface area (Å²) in [5, 5.41) is 4.62. The fourth-order valence-electron chi connectivity index (χ4n) is 4.18. The number of anilines is 1. The maximum Gasteiger partial charge on any atom is 0.243 e. The highest BCUT2D eigenvalue weighted by Gasteiger charge is 2.28. The molecule has 0 bridgehead atoms. The molecule has 40 heavy (non-hydrogen) atoms. The van der Waals surface area contributed by atoms with Crippen LogP contribution in [0.5, 0.6) is 11.5 Å². The molecule has 1 heterocycles. The Labute approximate surface area is 240 Å².